The van der Waals surface area contributed by atoms with E-state index in [2.05, 4.69) is 49.2 Å². The normalized spacial score (nSPS) is 10.1. The molecule has 1 amide bonds. The van der Waals surface area contributed by atoms with E-state index >= 15 is 0 Å². The number of carbonyl (C=O) groups is 1. The van der Waals surface area contributed by atoms with Gasteiger partial charge in [-0.15, -0.1) is 0 Å². The fourth-order valence-corrected chi connectivity index (χ4v) is 1.91. The van der Waals surface area contributed by atoms with Crippen LogP contribution in [0.25, 0.3) is 0 Å². The molecule has 0 aliphatic heterocycles. The highest BCUT2D eigenvalue weighted by Crippen LogP contribution is 2.22. The van der Waals surface area contributed by atoms with Crippen LogP contribution in [-0.4, -0.2) is 32.7 Å². The van der Waals surface area contributed by atoms with Gasteiger partial charge < -0.3 is 15.4 Å². The van der Waals surface area contributed by atoms with Crippen molar-refractivity contribution >= 4 is 50.1 Å². The number of anilines is 1. The van der Waals surface area contributed by atoms with Gasteiger partial charge in [0.15, 0.2) is 0 Å². The van der Waals surface area contributed by atoms with E-state index in [4.69, 9.17) is 4.74 Å². The summed E-state index contributed by atoms with van der Waals surface area (Å²) in [7, 11) is 1.61. The Morgan fingerprint density at radius 3 is 2.94 bits per heavy atom. The van der Waals surface area contributed by atoms with Gasteiger partial charge in [-0.05, 0) is 56.7 Å². The number of hydrogen-bond acceptors (Lipinski definition) is 3. The summed E-state index contributed by atoms with van der Waals surface area (Å²) in [6, 6.07) is 5.86. The van der Waals surface area contributed by atoms with E-state index in [-0.39, 0.29) is 12.5 Å². The number of rotatable bonds is 6. The molecule has 0 saturated heterocycles. The lowest BCUT2D eigenvalue weighted by Gasteiger charge is -2.08. The average Bonchev–Trinajstić information content (AvgIpc) is 2.31. The van der Waals surface area contributed by atoms with Gasteiger partial charge in [-0.25, -0.2) is 0 Å². The Bertz CT molecular complexity index is 388. The van der Waals surface area contributed by atoms with Crippen LogP contribution in [0.1, 0.15) is 0 Å². The quantitative estimate of drug-likeness (QED) is 0.556. The summed E-state index contributed by atoms with van der Waals surface area (Å²) in [5.74, 6) is -0.0417. The third-order valence-electron chi connectivity index (χ3n) is 2.00. The molecule has 0 saturated carbocycles. The van der Waals surface area contributed by atoms with Gasteiger partial charge in [0, 0.05) is 27.4 Å². The largest absolute Gasteiger partial charge is 0.383 e. The summed E-state index contributed by atoms with van der Waals surface area (Å²) in [4.78, 5) is 11.4. The molecule has 0 unspecified atom stereocenters. The summed E-state index contributed by atoms with van der Waals surface area (Å²) in [6.45, 7) is 1.33. The maximum Gasteiger partial charge on any atom is 0.239 e. The monoisotopic (exact) mass is 412 g/mol. The van der Waals surface area contributed by atoms with E-state index in [1.165, 1.54) is 0 Å². The van der Waals surface area contributed by atoms with Crippen LogP contribution in [0.4, 0.5) is 5.69 Å². The number of hydrogen-bond donors (Lipinski definition) is 2. The van der Waals surface area contributed by atoms with Gasteiger partial charge in [0.05, 0.1) is 13.2 Å². The van der Waals surface area contributed by atoms with Crippen LogP contribution >= 0.6 is 38.5 Å². The first-order valence-corrected chi connectivity index (χ1v) is 6.95. The van der Waals surface area contributed by atoms with Gasteiger partial charge in [0.1, 0.15) is 0 Å². The lowest BCUT2D eigenvalue weighted by atomic mass is 10.3. The number of halogens is 2. The molecular weight excluding hydrogens is 399 g/mol. The summed E-state index contributed by atoms with van der Waals surface area (Å²) in [6.07, 6.45) is 0. The molecule has 0 atom stereocenters. The number of carbonyl (C=O) groups excluding carboxylic acids is 1. The zero-order chi connectivity index (χ0) is 12.7. The highest BCUT2D eigenvalue weighted by molar-refractivity contribution is 14.1. The molecule has 0 fully saturated rings. The Balaban J connectivity index is 2.34. The lowest BCUT2D eigenvalue weighted by Crippen LogP contribution is -2.32. The number of ether oxygens (including phenoxy) is 1. The molecule has 2 N–H and O–H groups in total. The molecule has 1 rings (SSSR count). The standard InChI is InChI=1S/C11H14BrIN2O2/c1-17-5-4-14-11(16)7-15-8-2-3-9(12)10(13)6-8/h2-3,6,15H,4-5,7H2,1H3,(H,14,16). The number of methoxy groups -OCH3 is 1. The molecule has 1 aromatic carbocycles. The summed E-state index contributed by atoms with van der Waals surface area (Å²) < 4.78 is 7.00. The molecule has 0 aliphatic carbocycles. The van der Waals surface area contributed by atoms with E-state index in [9.17, 15) is 4.79 Å². The fourth-order valence-electron chi connectivity index (χ4n) is 1.14. The third kappa shape index (κ3) is 5.69. The van der Waals surface area contributed by atoms with Crippen LogP contribution in [-0.2, 0) is 9.53 Å². The topological polar surface area (TPSA) is 50.4 Å². The number of amides is 1. The maximum absolute atomic E-state index is 11.4. The molecule has 94 valence electrons. The first-order chi connectivity index (χ1) is 8.13. The fraction of sp³-hybridized carbons (Fsp3) is 0.364. The van der Waals surface area contributed by atoms with Crippen LogP contribution in [0, 0.1) is 3.57 Å². The van der Waals surface area contributed by atoms with Gasteiger partial charge in [0.2, 0.25) is 5.91 Å². The Hall–Kier alpha value is -0.340. The summed E-state index contributed by atoms with van der Waals surface area (Å²) in [5.41, 5.74) is 0.930. The molecule has 17 heavy (non-hydrogen) atoms. The molecule has 0 aliphatic rings. The minimum atomic E-state index is -0.0417. The van der Waals surface area contributed by atoms with Crippen molar-refractivity contribution in [1.29, 1.82) is 0 Å². The number of nitrogens with one attached hydrogen (secondary N) is 2. The molecule has 1 aromatic rings. The third-order valence-corrected chi connectivity index (χ3v) is 4.33. The minimum Gasteiger partial charge on any atom is -0.383 e. The second-order valence-electron chi connectivity index (χ2n) is 3.33. The van der Waals surface area contributed by atoms with E-state index in [0.717, 1.165) is 13.7 Å². The van der Waals surface area contributed by atoms with Crippen molar-refractivity contribution in [2.75, 3.05) is 32.1 Å². The van der Waals surface area contributed by atoms with Crippen molar-refractivity contribution in [1.82, 2.24) is 5.32 Å². The van der Waals surface area contributed by atoms with Crippen molar-refractivity contribution in [3.63, 3.8) is 0 Å². The molecular formula is C11H14BrIN2O2. The van der Waals surface area contributed by atoms with E-state index in [0.29, 0.717) is 13.2 Å². The van der Waals surface area contributed by atoms with Crippen LogP contribution in [0.15, 0.2) is 22.7 Å². The van der Waals surface area contributed by atoms with Gasteiger partial charge in [-0.2, -0.15) is 0 Å². The van der Waals surface area contributed by atoms with Gasteiger partial charge in [-0.1, -0.05) is 0 Å². The number of benzene rings is 1. The highest BCUT2D eigenvalue weighted by atomic mass is 127. The second-order valence-corrected chi connectivity index (χ2v) is 5.34. The zero-order valence-corrected chi connectivity index (χ0v) is 13.2. The summed E-state index contributed by atoms with van der Waals surface area (Å²) >= 11 is 5.65. The average molecular weight is 413 g/mol. The van der Waals surface area contributed by atoms with Crippen molar-refractivity contribution in [3.8, 4) is 0 Å². The van der Waals surface area contributed by atoms with Crippen molar-refractivity contribution < 1.29 is 9.53 Å². The highest BCUT2D eigenvalue weighted by Gasteiger charge is 2.02. The lowest BCUT2D eigenvalue weighted by molar-refractivity contribution is -0.119. The van der Waals surface area contributed by atoms with Crippen LogP contribution in [0.2, 0.25) is 0 Å². The van der Waals surface area contributed by atoms with E-state index < -0.39 is 0 Å². The maximum atomic E-state index is 11.4. The molecule has 0 radical (unpaired) electrons. The van der Waals surface area contributed by atoms with E-state index in [1.807, 2.05) is 18.2 Å². The first kappa shape index (κ1) is 14.7. The molecule has 0 bridgehead atoms. The van der Waals surface area contributed by atoms with E-state index in [1.54, 1.807) is 7.11 Å². The van der Waals surface area contributed by atoms with Crippen molar-refractivity contribution in [2.45, 2.75) is 0 Å². The first-order valence-electron chi connectivity index (χ1n) is 5.08. The van der Waals surface area contributed by atoms with Gasteiger partial charge in [-0.3, -0.25) is 4.79 Å². The van der Waals surface area contributed by atoms with Crippen LogP contribution < -0.4 is 10.6 Å². The zero-order valence-electron chi connectivity index (χ0n) is 9.43. The summed E-state index contributed by atoms with van der Waals surface area (Å²) in [5, 5.41) is 5.80. The Morgan fingerprint density at radius 2 is 2.29 bits per heavy atom. The molecule has 4 nitrogen and oxygen atoms in total. The predicted molar refractivity (Wildman–Crippen MR) is 80.2 cm³/mol. The van der Waals surface area contributed by atoms with Crippen LogP contribution in [0.3, 0.4) is 0 Å². The SMILES string of the molecule is COCCNC(=O)CNc1ccc(Br)c(I)c1. The molecule has 0 aromatic heterocycles. The van der Waals surface area contributed by atoms with Gasteiger partial charge >= 0.3 is 0 Å². The van der Waals surface area contributed by atoms with Crippen molar-refractivity contribution in [2.24, 2.45) is 0 Å². The van der Waals surface area contributed by atoms with Crippen LogP contribution in [0.5, 0.6) is 0 Å². The van der Waals surface area contributed by atoms with Crippen molar-refractivity contribution in [3.05, 3.63) is 26.2 Å². The minimum absolute atomic E-state index is 0.0417. The molecule has 0 spiro atoms. The second kappa shape index (κ2) is 7.88. The predicted octanol–water partition coefficient (Wildman–Crippen LogP) is 2.23. The molecule has 6 heteroatoms. The Morgan fingerprint density at radius 1 is 1.53 bits per heavy atom. The molecule has 0 heterocycles. The smallest absolute Gasteiger partial charge is 0.239 e. The van der Waals surface area contributed by atoms with Gasteiger partial charge in [0.25, 0.3) is 0 Å². The Labute approximate surface area is 123 Å². The Kier molecular flexibility index (Phi) is 6.83.